The lowest BCUT2D eigenvalue weighted by atomic mass is 9.88. The number of carbonyl (C=O) groups is 2. The van der Waals surface area contributed by atoms with Gasteiger partial charge in [0.15, 0.2) is 0 Å². The second-order valence-electron chi connectivity index (χ2n) is 6.28. The molecule has 3 atom stereocenters. The number of amides is 1. The fourth-order valence-corrected chi connectivity index (χ4v) is 4.06. The van der Waals surface area contributed by atoms with E-state index in [0.717, 1.165) is 30.5 Å². The number of carboxylic acids is 1. The van der Waals surface area contributed by atoms with Gasteiger partial charge in [0.05, 0.1) is 11.5 Å². The smallest absolute Gasteiger partial charge is 0.335 e. The third kappa shape index (κ3) is 1.95. The molecule has 1 amide bonds. The van der Waals surface area contributed by atoms with Crippen molar-refractivity contribution in [1.29, 1.82) is 0 Å². The van der Waals surface area contributed by atoms with Crippen molar-refractivity contribution in [2.24, 2.45) is 5.92 Å². The van der Waals surface area contributed by atoms with Gasteiger partial charge < -0.3 is 15.3 Å². The SMILES string of the molecule is O=C(O)c1ccc2c(c1)CCN2C(=O)C1CC2CCC1N2. The highest BCUT2D eigenvalue weighted by Gasteiger charge is 2.45. The van der Waals surface area contributed by atoms with Crippen LogP contribution in [0.25, 0.3) is 0 Å². The van der Waals surface area contributed by atoms with E-state index in [0.29, 0.717) is 24.2 Å². The minimum Gasteiger partial charge on any atom is -0.478 e. The number of benzene rings is 1. The maximum absolute atomic E-state index is 12.8. The maximum atomic E-state index is 12.8. The van der Waals surface area contributed by atoms with Gasteiger partial charge >= 0.3 is 5.97 Å². The lowest BCUT2D eigenvalue weighted by molar-refractivity contribution is -0.122. The molecule has 3 unspecified atom stereocenters. The molecular formula is C16H18N2O3. The molecule has 2 saturated heterocycles. The fourth-order valence-electron chi connectivity index (χ4n) is 4.06. The largest absolute Gasteiger partial charge is 0.478 e. The number of anilines is 1. The third-order valence-electron chi connectivity index (χ3n) is 5.11. The monoisotopic (exact) mass is 286 g/mol. The molecule has 2 bridgehead atoms. The van der Waals surface area contributed by atoms with Gasteiger partial charge in [0.1, 0.15) is 0 Å². The van der Waals surface area contributed by atoms with Crippen molar-refractivity contribution in [3.05, 3.63) is 29.3 Å². The molecule has 110 valence electrons. The van der Waals surface area contributed by atoms with Gasteiger partial charge in [-0.2, -0.15) is 0 Å². The van der Waals surface area contributed by atoms with Gasteiger partial charge in [-0.3, -0.25) is 4.79 Å². The summed E-state index contributed by atoms with van der Waals surface area (Å²) in [6.07, 6.45) is 3.98. The molecule has 21 heavy (non-hydrogen) atoms. The first kappa shape index (κ1) is 12.8. The van der Waals surface area contributed by atoms with Crippen molar-refractivity contribution in [2.45, 2.75) is 37.8 Å². The van der Waals surface area contributed by atoms with Gasteiger partial charge in [-0.25, -0.2) is 4.79 Å². The Balaban J connectivity index is 1.59. The molecular weight excluding hydrogens is 268 g/mol. The minimum absolute atomic E-state index is 0.0915. The molecule has 1 aromatic rings. The first-order chi connectivity index (χ1) is 10.1. The number of fused-ring (bicyclic) bond motifs is 3. The van der Waals surface area contributed by atoms with Gasteiger partial charge in [-0.1, -0.05) is 0 Å². The van der Waals surface area contributed by atoms with Crippen molar-refractivity contribution in [1.82, 2.24) is 5.32 Å². The van der Waals surface area contributed by atoms with Crippen molar-refractivity contribution in [3.8, 4) is 0 Å². The molecule has 0 aromatic heterocycles. The predicted octanol–water partition coefficient (Wildman–Crippen LogP) is 1.41. The molecule has 5 heteroatoms. The van der Waals surface area contributed by atoms with Crippen LogP contribution >= 0.6 is 0 Å². The fraction of sp³-hybridized carbons (Fsp3) is 0.500. The van der Waals surface area contributed by atoms with Crippen molar-refractivity contribution < 1.29 is 14.7 Å². The van der Waals surface area contributed by atoms with E-state index >= 15 is 0 Å². The van der Waals surface area contributed by atoms with Gasteiger partial charge in [0, 0.05) is 24.3 Å². The molecule has 0 saturated carbocycles. The molecule has 0 aliphatic carbocycles. The Morgan fingerprint density at radius 3 is 2.81 bits per heavy atom. The molecule has 0 radical (unpaired) electrons. The van der Waals surface area contributed by atoms with Crippen LogP contribution < -0.4 is 10.2 Å². The molecule has 3 aliphatic heterocycles. The molecule has 2 N–H and O–H groups in total. The van der Waals surface area contributed by atoms with Crippen LogP contribution in [0.4, 0.5) is 5.69 Å². The number of carboxylic acid groups (broad SMARTS) is 1. The van der Waals surface area contributed by atoms with Crippen LogP contribution in [0.15, 0.2) is 18.2 Å². The van der Waals surface area contributed by atoms with Gasteiger partial charge in [-0.15, -0.1) is 0 Å². The summed E-state index contributed by atoms with van der Waals surface area (Å²) in [5.41, 5.74) is 2.16. The topological polar surface area (TPSA) is 69.6 Å². The first-order valence-electron chi connectivity index (χ1n) is 7.57. The van der Waals surface area contributed by atoms with Crippen molar-refractivity contribution in [3.63, 3.8) is 0 Å². The first-order valence-corrected chi connectivity index (χ1v) is 7.57. The highest BCUT2D eigenvalue weighted by atomic mass is 16.4. The van der Waals surface area contributed by atoms with E-state index in [1.54, 1.807) is 18.2 Å². The second kappa shape index (κ2) is 4.56. The summed E-state index contributed by atoms with van der Waals surface area (Å²) >= 11 is 0. The number of nitrogens with one attached hydrogen (secondary N) is 1. The molecule has 3 aliphatic rings. The standard InChI is InChI=1S/C16H18N2O3/c19-15(12-8-11-2-3-13(12)17-11)18-6-5-9-7-10(16(20)21)1-4-14(9)18/h1,4,7,11-13,17H,2-3,5-6,8H2,(H,20,21). The van der Waals surface area contributed by atoms with Crippen LogP contribution in [0.1, 0.15) is 35.2 Å². The Labute approximate surface area is 122 Å². The average Bonchev–Trinajstić information content (AvgIpc) is 3.20. The zero-order valence-corrected chi connectivity index (χ0v) is 11.7. The zero-order valence-electron chi connectivity index (χ0n) is 11.7. The molecule has 0 spiro atoms. The van der Waals surface area contributed by atoms with Crippen molar-refractivity contribution in [2.75, 3.05) is 11.4 Å². The maximum Gasteiger partial charge on any atom is 0.335 e. The Morgan fingerprint density at radius 2 is 2.14 bits per heavy atom. The van der Waals surface area contributed by atoms with Crippen LogP contribution in [0.2, 0.25) is 0 Å². The summed E-state index contributed by atoms with van der Waals surface area (Å²) in [6, 6.07) is 5.92. The summed E-state index contributed by atoms with van der Waals surface area (Å²) in [6.45, 7) is 0.672. The van der Waals surface area contributed by atoms with Crippen molar-refractivity contribution >= 4 is 17.6 Å². The highest BCUT2D eigenvalue weighted by Crippen LogP contribution is 2.37. The Kier molecular flexibility index (Phi) is 2.79. The second-order valence-corrected chi connectivity index (χ2v) is 6.28. The van der Waals surface area contributed by atoms with Gasteiger partial charge in [-0.05, 0) is 49.4 Å². The Bertz CT molecular complexity index is 628. The van der Waals surface area contributed by atoms with E-state index in [2.05, 4.69) is 5.32 Å². The molecule has 4 rings (SSSR count). The van der Waals surface area contributed by atoms with Gasteiger partial charge in [0.25, 0.3) is 0 Å². The molecule has 1 aromatic carbocycles. The van der Waals surface area contributed by atoms with Gasteiger partial charge in [0.2, 0.25) is 5.91 Å². The average molecular weight is 286 g/mol. The number of carbonyl (C=O) groups excluding carboxylic acids is 1. The summed E-state index contributed by atoms with van der Waals surface area (Å²) in [4.78, 5) is 25.7. The van der Waals surface area contributed by atoms with E-state index in [1.807, 2.05) is 4.90 Å². The van der Waals surface area contributed by atoms with E-state index in [-0.39, 0.29) is 11.8 Å². The number of hydrogen-bond donors (Lipinski definition) is 2. The predicted molar refractivity (Wildman–Crippen MR) is 77.5 cm³/mol. The lowest BCUT2D eigenvalue weighted by Crippen LogP contribution is -2.40. The quantitative estimate of drug-likeness (QED) is 0.862. The zero-order chi connectivity index (χ0) is 14.6. The van der Waals surface area contributed by atoms with Crippen LogP contribution in [0, 0.1) is 5.92 Å². The Hall–Kier alpha value is -1.88. The number of rotatable bonds is 2. The van der Waals surface area contributed by atoms with Crippen LogP contribution in [0.5, 0.6) is 0 Å². The van der Waals surface area contributed by atoms with Crippen LogP contribution in [0.3, 0.4) is 0 Å². The number of nitrogens with zero attached hydrogens (tertiary/aromatic N) is 1. The summed E-state index contributed by atoms with van der Waals surface area (Å²) in [5, 5.41) is 12.6. The van der Waals surface area contributed by atoms with E-state index in [9.17, 15) is 9.59 Å². The van der Waals surface area contributed by atoms with E-state index < -0.39 is 5.97 Å². The van der Waals surface area contributed by atoms with Crippen LogP contribution in [-0.2, 0) is 11.2 Å². The minimum atomic E-state index is -0.917. The molecule has 5 nitrogen and oxygen atoms in total. The lowest BCUT2D eigenvalue weighted by Gasteiger charge is -2.26. The number of hydrogen-bond acceptors (Lipinski definition) is 3. The Morgan fingerprint density at radius 1 is 1.29 bits per heavy atom. The van der Waals surface area contributed by atoms with Crippen LogP contribution in [-0.4, -0.2) is 35.6 Å². The highest BCUT2D eigenvalue weighted by molar-refractivity contribution is 5.98. The third-order valence-corrected chi connectivity index (χ3v) is 5.11. The number of aromatic carboxylic acids is 1. The van der Waals surface area contributed by atoms with E-state index in [1.165, 1.54) is 6.42 Å². The molecule has 3 heterocycles. The summed E-state index contributed by atoms with van der Waals surface area (Å²) in [7, 11) is 0. The molecule has 2 fully saturated rings. The summed E-state index contributed by atoms with van der Waals surface area (Å²) < 4.78 is 0. The summed E-state index contributed by atoms with van der Waals surface area (Å²) in [5.74, 6) is -0.620. The van der Waals surface area contributed by atoms with E-state index in [4.69, 9.17) is 5.11 Å². The normalized spacial score (nSPS) is 29.7.